The predicted octanol–water partition coefficient (Wildman–Crippen LogP) is 4.23. The highest BCUT2D eigenvalue weighted by Crippen LogP contribution is 2.10. The molecule has 0 saturated carbocycles. The van der Waals surface area contributed by atoms with E-state index in [1.807, 2.05) is 6.33 Å². The average molecular weight is 251 g/mol. The van der Waals surface area contributed by atoms with Crippen molar-refractivity contribution >= 4 is 0 Å². The summed E-state index contributed by atoms with van der Waals surface area (Å²) in [4.78, 5) is 0. The summed E-state index contributed by atoms with van der Waals surface area (Å²) >= 11 is 0. The quantitative estimate of drug-likeness (QED) is 0.583. The van der Waals surface area contributed by atoms with Crippen LogP contribution >= 0.6 is 0 Å². The Kier molecular flexibility index (Phi) is 7.70. The summed E-state index contributed by atoms with van der Waals surface area (Å²) in [6, 6.07) is 0. The van der Waals surface area contributed by atoms with E-state index in [9.17, 15) is 0 Å². The Morgan fingerprint density at radius 2 is 1.72 bits per heavy atom. The fourth-order valence-corrected chi connectivity index (χ4v) is 2.26. The molecule has 0 aromatic carbocycles. The van der Waals surface area contributed by atoms with Crippen molar-refractivity contribution < 1.29 is 0 Å². The predicted molar refractivity (Wildman–Crippen MR) is 76.6 cm³/mol. The lowest BCUT2D eigenvalue weighted by Crippen LogP contribution is -2.07. The van der Waals surface area contributed by atoms with Gasteiger partial charge < -0.3 is 4.57 Å². The van der Waals surface area contributed by atoms with E-state index in [1.165, 1.54) is 44.9 Å². The fraction of sp³-hybridized carbons (Fsp3) is 0.867. The van der Waals surface area contributed by atoms with E-state index < -0.39 is 0 Å². The van der Waals surface area contributed by atoms with Crippen LogP contribution in [0.25, 0.3) is 0 Å². The molecule has 0 fully saturated rings. The molecule has 3 nitrogen and oxygen atoms in total. The lowest BCUT2D eigenvalue weighted by molar-refractivity contribution is 0.499. The van der Waals surface area contributed by atoms with Gasteiger partial charge in [0.15, 0.2) is 0 Å². The third-order valence-corrected chi connectivity index (χ3v) is 3.26. The Labute approximate surface area is 112 Å². The Balaban J connectivity index is 2.13. The van der Waals surface area contributed by atoms with Crippen LogP contribution in [0.1, 0.15) is 71.5 Å². The summed E-state index contributed by atoms with van der Waals surface area (Å²) in [7, 11) is 0. The molecule has 18 heavy (non-hydrogen) atoms. The number of hydrogen-bond donors (Lipinski definition) is 0. The first kappa shape index (κ1) is 15.2. The molecule has 1 rings (SSSR count). The number of hydrogen-bond acceptors (Lipinski definition) is 2. The molecule has 1 heterocycles. The van der Waals surface area contributed by atoms with Crippen LogP contribution in [0.5, 0.6) is 0 Å². The maximum absolute atomic E-state index is 4.23. The molecule has 0 radical (unpaired) electrons. The van der Waals surface area contributed by atoms with Gasteiger partial charge in [0.2, 0.25) is 0 Å². The van der Waals surface area contributed by atoms with Gasteiger partial charge in [-0.1, -0.05) is 59.3 Å². The van der Waals surface area contributed by atoms with Crippen molar-refractivity contribution in [1.29, 1.82) is 0 Å². The van der Waals surface area contributed by atoms with Gasteiger partial charge in [-0.3, -0.25) is 0 Å². The molecule has 0 aliphatic heterocycles. The summed E-state index contributed by atoms with van der Waals surface area (Å²) < 4.78 is 2.21. The number of nitrogens with zero attached hydrogens (tertiary/aromatic N) is 3. The second-order valence-electron chi connectivity index (χ2n) is 5.66. The summed E-state index contributed by atoms with van der Waals surface area (Å²) in [6.07, 6.45) is 12.4. The highest BCUT2D eigenvalue weighted by molar-refractivity contribution is 4.86. The molecule has 0 aliphatic carbocycles. The first-order valence-electron chi connectivity index (χ1n) is 7.60. The smallest absolute Gasteiger partial charge is 0.132 e. The van der Waals surface area contributed by atoms with E-state index >= 15 is 0 Å². The molecule has 0 saturated heterocycles. The van der Waals surface area contributed by atoms with Crippen LogP contribution in [0.4, 0.5) is 0 Å². The van der Waals surface area contributed by atoms with E-state index in [0.29, 0.717) is 5.92 Å². The van der Waals surface area contributed by atoms with Gasteiger partial charge in [0.25, 0.3) is 0 Å². The molecular weight excluding hydrogens is 222 g/mol. The Bertz CT molecular complexity index is 304. The molecule has 1 aromatic heterocycles. The van der Waals surface area contributed by atoms with Crippen LogP contribution in [0.15, 0.2) is 6.33 Å². The topological polar surface area (TPSA) is 30.7 Å². The van der Waals surface area contributed by atoms with Crippen LogP contribution in [-0.4, -0.2) is 14.8 Å². The lowest BCUT2D eigenvalue weighted by Gasteiger charge is -2.08. The van der Waals surface area contributed by atoms with Gasteiger partial charge in [0.05, 0.1) is 0 Å². The van der Waals surface area contributed by atoms with Gasteiger partial charge in [-0.05, 0) is 12.3 Å². The van der Waals surface area contributed by atoms with E-state index in [4.69, 9.17) is 0 Å². The first-order valence-corrected chi connectivity index (χ1v) is 7.60. The van der Waals surface area contributed by atoms with Gasteiger partial charge in [-0.25, -0.2) is 0 Å². The minimum Gasteiger partial charge on any atom is -0.317 e. The fourth-order valence-electron chi connectivity index (χ4n) is 2.26. The molecule has 0 atom stereocenters. The summed E-state index contributed by atoms with van der Waals surface area (Å²) in [6.45, 7) is 7.77. The minimum atomic E-state index is 0.661. The van der Waals surface area contributed by atoms with Crippen LogP contribution in [0.3, 0.4) is 0 Å². The largest absolute Gasteiger partial charge is 0.317 e. The lowest BCUT2D eigenvalue weighted by atomic mass is 10.1. The number of rotatable bonds is 10. The van der Waals surface area contributed by atoms with E-state index in [0.717, 1.165) is 18.8 Å². The zero-order chi connectivity index (χ0) is 13.2. The Morgan fingerprint density at radius 3 is 2.39 bits per heavy atom. The maximum atomic E-state index is 4.23. The minimum absolute atomic E-state index is 0.661. The Hall–Kier alpha value is -0.860. The Morgan fingerprint density at radius 1 is 1.06 bits per heavy atom. The molecule has 0 amide bonds. The van der Waals surface area contributed by atoms with Crippen molar-refractivity contribution in [1.82, 2.24) is 14.8 Å². The average Bonchev–Trinajstić information content (AvgIpc) is 2.75. The summed E-state index contributed by atoms with van der Waals surface area (Å²) in [5.74, 6) is 1.83. The molecule has 3 heteroatoms. The van der Waals surface area contributed by atoms with Crippen molar-refractivity contribution in [2.24, 2.45) is 5.92 Å². The third kappa shape index (κ3) is 6.18. The summed E-state index contributed by atoms with van der Waals surface area (Å²) in [5.41, 5.74) is 0. The molecule has 0 bridgehead atoms. The zero-order valence-electron chi connectivity index (χ0n) is 12.4. The maximum Gasteiger partial charge on any atom is 0.132 e. The molecule has 0 aliphatic rings. The molecular formula is C15H29N3. The second kappa shape index (κ2) is 9.12. The van der Waals surface area contributed by atoms with Gasteiger partial charge in [-0.15, -0.1) is 10.2 Å². The van der Waals surface area contributed by atoms with E-state index in [2.05, 4.69) is 35.5 Å². The van der Waals surface area contributed by atoms with Crippen LogP contribution in [-0.2, 0) is 13.0 Å². The van der Waals surface area contributed by atoms with Crippen molar-refractivity contribution in [2.75, 3.05) is 0 Å². The van der Waals surface area contributed by atoms with E-state index in [1.54, 1.807) is 0 Å². The number of aromatic nitrogens is 3. The molecule has 0 spiro atoms. The van der Waals surface area contributed by atoms with Crippen molar-refractivity contribution in [3.63, 3.8) is 0 Å². The normalized spacial score (nSPS) is 11.3. The standard InChI is InChI=1S/C15H29N3/c1-4-5-6-7-8-9-10-11-15-17-16-13-18(15)12-14(2)3/h13-14H,4-12H2,1-3H3. The summed E-state index contributed by atoms with van der Waals surface area (Å²) in [5, 5.41) is 8.26. The van der Waals surface area contributed by atoms with Gasteiger partial charge in [0.1, 0.15) is 12.2 Å². The molecule has 0 unspecified atom stereocenters. The van der Waals surface area contributed by atoms with Crippen molar-refractivity contribution in [3.05, 3.63) is 12.2 Å². The highest BCUT2D eigenvalue weighted by atomic mass is 15.3. The van der Waals surface area contributed by atoms with Crippen molar-refractivity contribution in [2.45, 2.75) is 78.7 Å². The monoisotopic (exact) mass is 251 g/mol. The van der Waals surface area contributed by atoms with Crippen molar-refractivity contribution in [3.8, 4) is 0 Å². The van der Waals surface area contributed by atoms with Gasteiger partial charge in [0, 0.05) is 13.0 Å². The first-order chi connectivity index (χ1) is 8.74. The van der Waals surface area contributed by atoms with E-state index in [-0.39, 0.29) is 0 Å². The third-order valence-electron chi connectivity index (χ3n) is 3.26. The molecule has 1 aromatic rings. The molecule has 0 N–H and O–H groups in total. The van der Waals surface area contributed by atoms with Crippen LogP contribution < -0.4 is 0 Å². The second-order valence-corrected chi connectivity index (χ2v) is 5.66. The van der Waals surface area contributed by atoms with Crippen LogP contribution in [0, 0.1) is 5.92 Å². The number of aryl methyl sites for hydroxylation is 1. The SMILES string of the molecule is CCCCCCCCCc1nncn1CC(C)C. The number of unbranched alkanes of at least 4 members (excludes halogenated alkanes) is 6. The van der Waals surface area contributed by atoms with Gasteiger partial charge in [-0.2, -0.15) is 0 Å². The van der Waals surface area contributed by atoms with Gasteiger partial charge >= 0.3 is 0 Å². The molecule has 104 valence electrons. The zero-order valence-corrected chi connectivity index (χ0v) is 12.4. The van der Waals surface area contributed by atoms with Crippen LogP contribution in [0.2, 0.25) is 0 Å². The highest BCUT2D eigenvalue weighted by Gasteiger charge is 2.05.